The molecular weight excluding hydrogens is 352 g/mol. The molecule has 1 fully saturated rings. The Bertz CT molecular complexity index is 702. The summed E-state index contributed by atoms with van der Waals surface area (Å²) in [5.74, 6) is 1.46. The van der Waals surface area contributed by atoms with Gasteiger partial charge in [0.05, 0.1) is 13.2 Å². The van der Waals surface area contributed by atoms with E-state index in [1.807, 2.05) is 48.5 Å². The van der Waals surface area contributed by atoms with Gasteiger partial charge in [0, 0.05) is 19.6 Å². The largest absolute Gasteiger partial charge is 0.493 e. The number of ether oxygens (including phenoxy) is 2. The zero-order valence-electron chi connectivity index (χ0n) is 16.8. The molecule has 2 N–H and O–H groups in total. The Hall–Kier alpha value is -2.08. The summed E-state index contributed by atoms with van der Waals surface area (Å²) < 4.78 is 11.4. The second-order valence-corrected chi connectivity index (χ2v) is 7.41. The van der Waals surface area contributed by atoms with Crippen LogP contribution >= 0.6 is 0 Å². The molecule has 2 aromatic rings. The smallest absolute Gasteiger partial charge is 0.161 e. The average Bonchev–Trinajstić information content (AvgIpc) is 2.74. The van der Waals surface area contributed by atoms with Crippen LogP contribution in [0.2, 0.25) is 0 Å². The number of β-amino-alcohol motifs (C(OH)–C–C–N with tert-alkyl or cyclic N) is 1. The van der Waals surface area contributed by atoms with Crippen molar-refractivity contribution in [3.05, 3.63) is 59.7 Å². The van der Waals surface area contributed by atoms with Crippen molar-refractivity contribution in [2.75, 3.05) is 33.3 Å². The van der Waals surface area contributed by atoms with Crippen LogP contribution in [0.5, 0.6) is 11.5 Å². The topological polar surface area (TPSA) is 54.0 Å². The SMILES string of the molecule is COc1cc(CNCC(O)CN2CCCCC2)ccc1OCc1ccccc1. The van der Waals surface area contributed by atoms with Crippen molar-refractivity contribution >= 4 is 0 Å². The standard InChI is InChI=1S/C23H32N2O3/c1-27-23-14-20(10-11-22(23)28-18-19-8-4-2-5-9-19)15-24-16-21(26)17-25-12-6-3-7-13-25/h2,4-5,8-11,14,21,24,26H,3,6-7,12-13,15-18H2,1H3. The van der Waals surface area contributed by atoms with E-state index in [2.05, 4.69) is 10.2 Å². The van der Waals surface area contributed by atoms with E-state index < -0.39 is 0 Å². The van der Waals surface area contributed by atoms with Crippen LogP contribution in [-0.4, -0.2) is 49.4 Å². The molecule has 1 saturated heterocycles. The van der Waals surface area contributed by atoms with Crippen molar-refractivity contribution in [3.63, 3.8) is 0 Å². The molecule has 152 valence electrons. The summed E-state index contributed by atoms with van der Waals surface area (Å²) in [5.41, 5.74) is 2.23. The van der Waals surface area contributed by atoms with E-state index in [0.717, 1.165) is 42.3 Å². The lowest BCUT2D eigenvalue weighted by Crippen LogP contribution is -2.40. The zero-order valence-corrected chi connectivity index (χ0v) is 16.8. The number of hydrogen-bond donors (Lipinski definition) is 2. The molecule has 1 aliphatic rings. The third-order valence-corrected chi connectivity index (χ3v) is 5.09. The molecule has 0 saturated carbocycles. The van der Waals surface area contributed by atoms with Crippen LogP contribution in [0.25, 0.3) is 0 Å². The van der Waals surface area contributed by atoms with E-state index in [9.17, 15) is 5.11 Å². The molecule has 0 aromatic heterocycles. The molecule has 2 aromatic carbocycles. The Balaban J connectivity index is 1.45. The molecule has 1 unspecified atom stereocenters. The van der Waals surface area contributed by atoms with Gasteiger partial charge in [0.1, 0.15) is 6.61 Å². The molecule has 5 heteroatoms. The second-order valence-electron chi connectivity index (χ2n) is 7.41. The van der Waals surface area contributed by atoms with Crippen LogP contribution in [-0.2, 0) is 13.2 Å². The van der Waals surface area contributed by atoms with Crippen LogP contribution in [0.4, 0.5) is 0 Å². The first kappa shape index (κ1) is 20.6. The Labute approximate surface area is 168 Å². The molecule has 0 aliphatic carbocycles. The number of hydrogen-bond acceptors (Lipinski definition) is 5. The fraction of sp³-hybridized carbons (Fsp3) is 0.478. The number of rotatable bonds is 10. The molecular formula is C23H32N2O3. The minimum atomic E-state index is -0.339. The van der Waals surface area contributed by atoms with E-state index >= 15 is 0 Å². The van der Waals surface area contributed by atoms with Gasteiger partial charge in [-0.1, -0.05) is 42.8 Å². The Kier molecular flexibility index (Phi) is 8.15. The molecule has 0 spiro atoms. The van der Waals surface area contributed by atoms with Crippen LogP contribution in [0.1, 0.15) is 30.4 Å². The van der Waals surface area contributed by atoms with Gasteiger partial charge in [-0.25, -0.2) is 0 Å². The lowest BCUT2D eigenvalue weighted by atomic mass is 10.1. The Morgan fingerprint density at radius 3 is 2.54 bits per heavy atom. The lowest BCUT2D eigenvalue weighted by Gasteiger charge is -2.28. The first-order chi connectivity index (χ1) is 13.7. The summed E-state index contributed by atoms with van der Waals surface area (Å²) >= 11 is 0. The van der Waals surface area contributed by atoms with Gasteiger partial charge >= 0.3 is 0 Å². The maximum atomic E-state index is 10.3. The number of likely N-dealkylation sites (tertiary alicyclic amines) is 1. The third-order valence-electron chi connectivity index (χ3n) is 5.09. The van der Waals surface area contributed by atoms with Gasteiger partial charge in [-0.3, -0.25) is 0 Å². The van der Waals surface area contributed by atoms with Crippen molar-refractivity contribution in [3.8, 4) is 11.5 Å². The molecule has 1 atom stereocenters. The quantitative estimate of drug-likeness (QED) is 0.659. The van der Waals surface area contributed by atoms with Gasteiger partial charge in [-0.2, -0.15) is 0 Å². The normalized spacial score (nSPS) is 15.9. The van der Waals surface area contributed by atoms with Crippen molar-refractivity contribution < 1.29 is 14.6 Å². The van der Waals surface area contributed by atoms with Gasteiger partial charge in [0.25, 0.3) is 0 Å². The minimum Gasteiger partial charge on any atom is -0.493 e. The van der Waals surface area contributed by atoms with Crippen LogP contribution in [0.3, 0.4) is 0 Å². The predicted octanol–water partition coefficient (Wildman–Crippen LogP) is 3.21. The Morgan fingerprint density at radius 1 is 1.00 bits per heavy atom. The molecule has 0 radical (unpaired) electrons. The minimum absolute atomic E-state index is 0.339. The van der Waals surface area contributed by atoms with E-state index in [1.54, 1.807) is 7.11 Å². The molecule has 3 rings (SSSR count). The molecule has 0 amide bonds. The number of nitrogens with one attached hydrogen (secondary N) is 1. The number of nitrogens with zero attached hydrogens (tertiary/aromatic N) is 1. The predicted molar refractivity (Wildman–Crippen MR) is 112 cm³/mol. The highest BCUT2D eigenvalue weighted by Gasteiger charge is 2.14. The van der Waals surface area contributed by atoms with E-state index in [0.29, 0.717) is 19.7 Å². The molecule has 28 heavy (non-hydrogen) atoms. The summed E-state index contributed by atoms with van der Waals surface area (Å²) in [5, 5.41) is 13.6. The van der Waals surface area contributed by atoms with Gasteiger partial charge in [-0.05, 0) is 49.2 Å². The van der Waals surface area contributed by atoms with Crippen molar-refractivity contribution in [1.82, 2.24) is 10.2 Å². The van der Waals surface area contributed by atoms with Gasteiger partial charge in [0.15, 0.2) is 11.5 Å². The third kappa shape index (κ3) is 6.51. The first-order valence-electron chi connectivity index (χ1n) is 10.2. The lowest BCUT2D eigenvalue weighted by molar-refractivity contribution is 0.1000. The van der Waals surface area contributed by atoms with Crippen molar-refractivity contribution in [2.24, 2.45) is 0 Å². The molecule has 0 bridgehead atoms. The van der Waals surface area contributed by atoms with E-state index in [1.165, 1.54) is 19.3 Å². The van der Waals surface area contributed by atoms with Gasteiger partial charge < -0.3 is 24.8 Å². The average molecular weight is 385 g/mol. The molecule has 5 nitrogen and oxygen atoms in total. The second kappa shape index (κ2) is 11.1. The maximum absolute atomic E-state index is 10.3. The fourth-order valence-corrected chi connectivity index (χ4v) is 3.56. The van der Waals surface area contributed by atoms with Crippen molar-refractivity contribution in [2.45, 2.75) is 38.5 Å². The van der Waals surface area contributed by atoms with Gasteiger partial charge in [-0.15, -0.1) is 0 Å². The summed E-state index contributed by atoms with van der Waals surface area (Å²) in [6.45, 7) is 4.76. The number of benzene rings is 2. The highest BCUT2D eigenvalue weighted by atomic mass is 16.5. The van der Waals surface area contributed by atoms with E-state index in [4.69, 9.17) is 9.47 Å². The van der Waals surface area contributed by atoms with E-state index in [-0.39, 0.29) is 6.10 Å². The first-order valence-corrected chi connectivity index (χ1v) is 10.2. The van der Waals surface area contributed by atoms with Crippen molar-refractivity contribution in [1.29, 1.82) is 0 Å². The summed E-state index contributed by atoms with van der Waals surface area (Å²) in [6, 6.07) is 16.1. The summed E-state index contributed by atoms with van der Waals surface area (Å²) in [6.07, 6.45) is 3.48. The summed E-state index contributed by atoms with van der Waals surface area (Å²) in [4.78, 5) is 2.36. The molecule has 1 aliphatic heterocycles. The highest BCUT2D eigenvalue weighted by molar-refractivity contribution is 5.43. The summed E-state index contributed by atoms with van der Waals surface area (Å²) in [7, 11) is 1.66. The fourth-order valence-electron chi connectivity index (χ4n) is 3.56. The van der Waals surface area contributed by atoms with Gasteiger partial charge in [0.2, 0.25) is 0 Å². The van der Waals surface area contributed by atoms with Crippen LogP contribution in [0.15, 0.2) is 48.5 Å². The number of aliphatic hydroxyl groups excluding tert-OH is 1. The number of methoxy groups -OCH3 is 1. The Morgan fingerprint density at radius 2 is 1.79 bits per heavy atom. The van der Waals surface area contributed by atoms with Crippen LogP contribution < -0.4 is 14.8 Å². The number of piperidine rings is 1. The monoisotopic (exact) mass is 384 g/mol. The zero-order chi connectivity index (χ0) is 19.6. The molecule has 1 heterocycles. The number of aliphatic hydroxyl groups is 1. The van der Waals surface area contributed by atoms with Crippen LogP contribution in [0, 0.1) is 0 Å². The highest BCUT2D eigenvalue weighted by Crippen LogP contribution is 2.28. The maximum Gasteiger partial charge on any atom is 0.161 e.